The van der Waals surface area contributed by atoms with Crippen LogP contribution in [-0.2, 0) is 0 Å². The van der Waals surface area contributed by atoms with Gasteiger partial charge in [0.1, 0.15) is 5.56 Å². The molecule has 0 aliphatic heterocycles. The van der Waals surface area contributed by atoms with Crippen LogP contribution in [0.25, 0.3) is 5.65 Å². The molecule has 0 saturated heterocycles. The van der Waals surface area contributed by atoms with E-state index in [1.807, 2.05) is 50.2 Å². The number of para-hydroxylation sites is 1. The average molecular weight is 281 g/mol. The van der Waals surface area contributed by atoms with E-state index in [9.17, 15) is 4.79 Å². The predicted molar refractivity (Wildman–Crippen MR) is 80.7 cm³/mol. The van der Waals surface area contributed by atoms with Crippen molar-refractivity contribution >= 4 is 23.1 Å². The maximum atomic E-state index is 11.8. The maximum absolute atomic E-state index is 11.8. The lowest BCUT2D eigenvalue weighted by atomic mass is 10.2. The molecule has 1 amide bonds. The van der Waals surface area contributed by atoms with Gasteiger partial charge < -0.3 is 11.1 Å². The number of primary amides is 1. The van der Waals surface area contributed by atoms with Gasteiger partial charge in [-0.05, 0) is 32.0 Å². The highest BCUT2D eigenvalue weighted by molar-refractivity contribution is 6.04. The first-order valence-corrected chi connectivity index (χ1v) is 6.55. The smallest absolute Gasteiger partial charge is 0.256 e. The van der Waals surface area contributed by atoms with E-state index in [0.717, 1.165) is 17.1 Å². The molecule has 0 bridgehead atoms. The molecule has 21 heavy (non-hydrogen) atoms. The Kier molecular flexibility index (Phi) is 3.06. The van der Waals surface area contributed by atoms with Gasteiger partial charge in [0.25, 0.3) is 5.91 Å². The Morgan fingerprint density at radius 2 is 1.95 bits per heavy atom. The topological polar surface area (TPSA) is 85.3 Å². The highest BCUT2D eigenvalue weighted by Gasteiger charge is 2.20. The van der Waals surface area contributed by atoms with Crippen molar-refractivity contribution in [2.24, 2.45) is 5.73 Å². The van der Waals surface area contributed by atoms with Crippen molar-refractivity contribution in [1.29, 1.82) is 0 Å². The van der Waals surface area contributed by atoms with Gasteiger partial charge in [0.05, 0.1) is 0 Å². The number of rotatable bonds is 3. The number of carbonyl (C=O) groups is 1. The maximum Gasteiger partial charge on any atom is 0.256 e. The predicted octanol–water partition coefficient (Wildman–Crippen LogP) is 2.19. The monoisotopic (exact) mass is 281 g/mol. The molecular weight excluding hydrogens is 266 g/mol. The number of amides is 1. The van der Waals surface area contributed by atoms with E-state index in [0.29, 0.717) is 17.0 Å². The number of fused-ring (bicyclic) bond motifs is 1. The van der Waals surface area contributed by atoms with E-state index in [1.165, 1.54) is 0 Å². The third-order valence-corrected chi connectivity index (χ3v) is 3.18. The molecule has 0 aliphatic carbocycles. The van der Waals surface area contributed by atoms with Crippen LogP contribution in [0.4, 0.5) is 11.5 Å². The third kappa shape index (κ3) is 2.31. The van der Waals surface area contributed by atoms with Crippen LogP contribution in [0.3, 0.4) is 0 Å². The van der Waals surface area contributed by atoms with Crippen LogP contribution in [-0.4, -0.2) is 20.5 Å². The Morgan fingerprint density at radius 1 is 1.24 bits per heavy atom. The van der Waals surface area contributed by atoms with Gasteiger partial charge in [0.2, 0.25) is 0 Å². The lowest BCUT2D eigenvalue weighted by molar-refractivity contribution is 0.100. The molecule has 6 heteroatoms. The summed E-state index contributed by atoms with van der Waals surface area (Å²) in [5, 5.41) is 7.53. The zero-order valence-electron chi connectivity index (χ0n) is 11.8. The second kappa shape index (κ2) is 4.90. The standard InChI is InChI=1S/C15H15N5O/c1-9-8-10(2)20-15(17-9)12(13(16)21)14(19-20)18-11-6-4-3-5-7-11/h3-8H,1-2H3,(H2,16,21)(H,18,19). The summed E-state index contributed by atoms with van der Waals surface area (Å²) in [5.74, 6) is -0.143. The molecule has 0 unspecified atom stereocenters. The number of anilines is 2. The molecule has 6 nitrogen and oxygen atoms in total. The summed E-state index contributed by atoms with van der Waals surface area (Å²) in [6.45, 7) is 3.78. The van der Waals surface area contributed by atoms with Crippen LogP contribution in [0.2, 0.25) is 0 Å². The molecular formula is C15H15N5O. The van der Waals surface area contributed by atoms with Crippen LogP contribution in [0, 0.1) is 13.8 Å². The van der Waals surface area contributed by atoms with Gasteiger partial charge in [-0.3, -0.25) is 4.79 Å². The summed E-state index contributed by atoms with van der Waals surface area (Å²) in [6.07, 6.45) is 0. The van der Waals surface area contributed by atoms with Crippen LogP contribution in [0.5, 0.6) is 0 Å². The Labute approximate surface area is 121 Å². The molecule has 3 N–H and O–H groups in total. The van der Waals surface area contributed by atoms with Crippen molar-refractivity contribution in [3.05, 3.63) is 53.3 Å². The fraction of sp³-hybridized carbons (Fsp3) is 0.133. The lowest BCUT2D eigenvalue weighted by Gasteiger charge is -2.03. The zero-order chi connectivity index (χ0) is 15.0. The molecule has 2 aromatic heterocycles. The molecule has 2 heterocycles. The van der Waals surface area contributed by atoms with E-state index in [-0.39, 0.29) is 0 Å². The SMILES string of the molecule is Cc1cc(C)n2nc(Nc3ccccc3)c(C(N)=O)c2n1. The summed E-state index contributed by atoms with van der Waals surface area (Å²) in [5.41, 5.74) is 8.81. The van der Waals surface area contributed by atoms with Crippen molar-refractivity contribution in [3.63, 3.8) is 0 Å². The van der Waals surface area contributed by atoms with E-state index >= 15 is 0 Å². The minimum Gasteiger partial charge on any atom is -0.365 e. The molecule has 0 aliphatic rings. The van der Waals surface area contributed by atoms with Crippen molar-refractivity contribution in [1.82, 2.24) is 14.6 Å². The van der Waals surface area contributed by atoms with Crippen LogP contribution in [0.1, 0.15) is 21.7 Å². The third-order valence-electron chi connectivity index (χ3n) is 3.18. The van der Waals surface area contributed by atoms with Crippen LogP contribution < -0.4 is 11.1 Å². The molecule has 1 aromatic carbocycles. The summed E-state index contributed by atoms with van der Waals surface area (Å²) in [6, 6.07) is 11.4. The first-order valence-electron chi connectivity index (χ1n) is 6.55. The van der Waals surface area contributed by atoms with E-state index in [1.54, 1.807) is 4.52 Å². The summed E-state index contributed by atoms with van der Waals surface area (Å²) in [4.78, 5) is 16.2. The first kappa shape index (κ1) is 13.1. The molecule has 0 fully saturated rings. The van der Waals surface area contributed by atoms with Crippen LogP contribution in [0.15, 0.2) is 36.4 Å². The number of benzene rings is 1. The number of nitrogens with one attached hydrogen (secondary N) is 1. The zero-order valence-corrected chi connectivity index (χ0v) is 11.8. The van der Waals surface area contributed by atoms with Gasteiger partial charge in [0.15, 0.2) is 11.5 Å². The molecule has 0 saturated carbocycles. The van der Waals surface area contributed by atoms with Crippen molar-refractivity contribution in [2.75, 3.05) is 5.32 Å². The van der Waals surface area contributed by atoms with Crippen molar-refractivity contribution in [2.45, 2.75) is 13.8 Å². The number of hydrogen-bond donors (Lipinski definition) is 2. The van der Waals surface area contributed by atoms with Gasteiger partial charge in [-0.25, -0.2) is 9.50 Å². The molecule has 0 atom stereocenters. The minimum absolute atomic E-state index is 0.297. The summed E-state index contributed by atoms with van der Waals surface area (Å²) < 4.78 is 1.62. The van der Waals surface area contributed by atoms with E-state index < -0.39 is 5.91 Å². The highest BCUT2D eigenvalue weighted by atomic mass is 16.1. The fourth-order valence-corrected chi connectivity index (χ4v) is 2.29. The fourth-order valence-electron chi connectivity index (χ4n) is 2.29. The Hall–Kier alpha value is -2.89. The number of carbonyl (C=O) groups excluding carboxylic acids is 1. The quantitative estimate of drug-likeness (QED) is 0.770. The van der Waals surface area contributed by atoms with Crippen LogP contribution >= 0.6 is 0 Å². The average Bonchev–Trinajstić information content (AvgIpc) is 2.78. The second-order valence-corrected chi connectivity index (χ2v) is 4.85. The van der Waals surface area contributed by atoms with Gasteiger partial charge in [-0.1, -0.05) is 18.2 Å². The normalized spacial score (nSPS) is 10.8. The lowest BCUT2D eigenvalue weighted by Crippen LogP contribution is -2.13. The largest absolute Gasteiger partial charge is 0.365 e. The first-order chi connectivity index (χ1) is 10.1. The number of nitrogens with zero attached hydrogens (tertiary/aromatic N) is 3. The Morgan fingerprint density at radius 3 is 2.62 bits per heavy atom. The molecule has 3 rings (SSSR count). The van der Waals surface area contributed by atoms with Gasteiger partial charge in [-0.15, -0.1) is 5.10 Å². The molecule has 106 valence electrons. The van der Waals surface area contributed by atoms with E-state index in [4.69, 9.17) is 5.73 Å². The van der Waals surface area contributed by atoms with Crippen molar-refractivity contribution in [3.8, 4) is 0 Å². The summed E-state index contributed by atoms with van der Waals surface area (Å²) >= 11 is 0. The van der Waals surface area contributed by atoms with E-state index in [2.05, 4.69) is 15.4 Å². The van der Waals surface area contributed by atoms with Crippen molar-refractivity contribution < 1.29 is 4.79 Å². The summed E-state index contributed by atoms with van der Waals surface area (Å²) in [7, 11) is 0. The van der Waals surface area contributed by atoms with Gasteiger partial charge in [-0.2, -0.15) is 0 Å². The molecule has 0 spiro atoms. The van der Waals surface area contributed by atoms with Gasteiger partial charge >= 0.3 is 0 Å². The number of aromatic nitrogens is 3. The number of aryl methyl sites for hydroxylation is 2. The Balaban J connectivity index is 2.20. The Bertz CT molecular complexity index is 823. The molecule has 3 aromatic rings. The number of nitrogens with two attached hydrogens (primary N) is 1. The second-order valence-electron chi connectivity index (χ2n) is 4.85. The molecule has 0 radical (unpaired) electrons. The minimum atomic E-state index is -0.555. The highest BCUT2D eigenvalue weighted by Crippen LogP contribution is 2.23. The number of hydrogen-bond acceptors (Lipinski definition) is 4. The van der Waals surface area contributed by atoms with Gasteiger partial charge in [0, 0.05) is 17.1 Å².